The number of aromatic hydroxyl groups is 5. The van der Waals surface area contributed by atoms with Crippen LogP contribution >= 0.6 is 0 Å². The zero-order chi connectivity index (χ0) is 65.8. The highest BCUT2D eigenvalue weighted by molar-refractivity contribution is 6.06. The fourth-order valence-electron chi connectivity index (χ4n) is 8.17. The molecule has 2 unspecified atom stereocenters. The lowest BCUT2D eigenvalue weighted by Gasteiger charge is -2.22. The lowest BCUT2D eigenvalue weighted by molar-refractivity contribution is -0.144. The van der Waals surface area contributed by atoms with Gasteiger partial charge in [0.05, 0.1) is 11.3 Å². The summed E-state index contributed by atoms with van der Waals surface area (Å²) in [5, 5.41) is 62.9. The van der Waals surface area contributed by atoms with Crippen LogP contribution in [0.4, 0.5) is 17.1 Å². The first kappa shape index (κ1) is 70.1. The minimum absolute atomic E-state index is 0.00399. The van der Waals surface area contributed by atoms with Gasteiger partial charge in [0.1, 0.15) is 40.2 Å². The molecule has 0 aliphatic rings. The van der Waals surface area contributed by atoms with Gasteiger partial charge in [0.2, 0.25) is 17.7 Å². The second-order valence-corrected chi connectivity index (χ2v) is 23.7. The Bertz CT molecular complexity index is 3670. The van der Waals surface area contributed by atoms with Crippen LogP contribution in [0.5, 0.6) is 40.2 Å². The van der Waals surface area contributed by atoms with Crippen LogP contribution in [0, 0.1) is 28.1 Å². The van der Waals surface area contributed by atoms with Crippen molar-refractivity contribution >= 4 is 89.8 Å². The zero-order valence-electron chi connectivity index (χ0n) is 53.4. The Morgan fingerprint density at radius 2 is 0.719 bits per heavy atom. The number of nitrogens with one attached hydrogen (secondary N) is 3. The van der Waals surface area contributed by atoms with E-state index in [1.165, 1.54) is 0 Å². The molecule has 0 radical (unpaired) electrons. The lowest BCUT2D eigenvalue weighted by atomic mass is 9.89. The number of rotatable bonds is 15. The zero-order valence-corrected chi connectivity index (χ0v) is 53.4. The van der Waals surface area contributed by atoms with E-state index in [0.717, 1.165) is 69.4 Å². The fourth-order valence-corrected chi connectivity index (χ4v) is 8.17. The molecule has 0 aliphatic carbocycles. The normalized spacial score (nSPS) is 11.8. The van der Waals surface area contributed by atoms with Crippen LogP contribution in [0.2, 0.25) is 0 Å². The molecule has 0 heterocycles. The maximum Gasteiger partial charge on any atom is 0.316 e. The lowest BCUT2D eigenvalue weighted by Crippen LogP contribution is -2.30. The third kappa shape index (κ3) is 18.9. The van der Waals surface area contributed by atoms with Gasteiger partial charge in [-0.2, -0.15) is 0 Å². The molecule has 15 nitrogen and oxygen atoms in total. The number of hydrogen-bond acceptors (Lipinski definition) is 12. The molecule has 9 rings (SSSR count). The summed E-state index contributed by atoms with van der Waals surface area (Å²) in [4.78, 5) is 59.8. The van der Waals surface area contributed by atoms with Gasteiger partial charge < -0.3 is 51.0 Å². The predicted molar refractivity (Wildman–Crippen MR) is 359 cm³/mol. The highest BCUT2D eigenvalue weighted by atomic mass is 16.5. The van der Waals surface area contributed by atoms with Gasteiger partial charge >= 0.3 is 11.9 Å². The summed E-state index contributed by atoms with van der Waals surface area (Å²) in [7, 11) is 0. The number of esters is 2. The Kier molecular flexibility index (Phi) is 25.1. The first-order valence-corrected chi connectivity index (χ1v) is 30.1. The molecule has 3 amide bonds. The van der Waals surface area contributed by atoms with E-state index < -0.39 is 10.8 Å². The van der Waals surface area contributed by atoms with Gasteiger partial charge in [-0.1, -0.05) is 173 Å². The van der Waals surface area contributed by atoms with Gasteiger partial charge in [0, 0.05) is 76.9 Å². The molecule has 8 N–H and O–H groups in total. The first-order chi connectivity index (χ1) is 42.1. The molecule has 470 valence electrons. The van der Waals surface area contributed by atoms with Crippen molar-refractivity contribution in [3.63, 3.8) is 0 Å². The highest BCUT2D eigenvalue weighted by Crippen LogP contribution is 2.36. The number of amides is 3. The van der Waals surface area contributed by atoms with Gasteiger partial charge in [-0.3, -0.25) is 24.0 Å². The molecule has 89 heavy (non-hydrogen) atoms. The molecule has 0 aliphatic heterocycles. The topological polar surface area (TPSA) is 241 Å². The molecule has 0 aromatic heterocycles. The van der Waals surface area contributed by atoms with Gasteiger partial charge in [0.15, 0.2) is 0 Å². The minimum atomic E-state index is -0.515. The molecule has 0 saturated heterocycles. The van der Waals surface area contributed by atoms with Crippen LogP contribution in [0.25, 0.3) is 43.1 Å². The van der Waals surface area contributed by atoms with E-state index in [1.54, 1.807) is 109 Å². The fraction of sp³-hybridized carbons (Fsp3) is 0.311. The molecule has 0 fully saturated rings. The number of carbonyl (C=O) groups excluding carboxylic acids is 5. The number of fused-ring (bicyclic) bond motifs is 4. The molecule has 2 atom stereocenters. The maximum atomic E-state index is 12.2. The van der Waals surface area contributed by atoms with Crippen LogP contribution in [-0.4, -0.2) is 55.2 Å². The molecule has 15 heteroatoms. The summed E-state index contributed by atoms with van der Waals surface area (Å²) < 4.78 is 10.9. The highest BCUT2D eigenvalue weighted by Gasteiger charge is 2.29. The monoisotopic (exact) mass is 1210 g/mol. The average Bonchev–Trinajstić information content (AvgIpc) is 1.80. The van der Waals surface area contributed by atoms with Crippen molar-refractivity contribution in [2.45, 2.75) is 122 Å². The number of benzene rings is 9. The second-order valence-electron chi connectivity index (χ2n) is 23.7. The van der Waals surface area contributed by atoms with Gasteiger partial charge in [-0.25, -0.2) is 0 Å². The number of phenolic OH excluding ortho intramolecular Hbond substituents is 5. The summed E-state index contributed by atoms with van der Waals surface area (Å²) in [6.07, 6.45) is 3.82. The number of phenols is 5. The van der Waals surface area contributed by atoms with Crippen molar-refractivity contribution in [2.24, 2.45) is 28.1 Å². The van der Waals surface area contributed by atoms with Crippen molar-refractivity contribution < 1.29 is 59.0 Å². The molecule has 9 aromatic carbocycles. The molecule has 0 bridgehead atoms. The first-order valence-electron chi connectivity index (χ1n) is 30.1. The number of anilines is 3. The number of carbonyl (C=O) groups is 5. The molecule has 9 aromatic rings. The standard InChI is InChI=1S/C16H19NO2.C16H18O3.C15H17NO2.C15H16O3.C12H17NO2/c1-4-16(2,3)15(19)17-13-9-5-8-12-11(13)7-6-10-14(12)18;1-4-16(2,3)15(18)19-14-10-6-7-11-12(14)8-5-9-13(11)17;1-3-10(2)15(18)16-13-8-4-7-12-11(13)6-5-9-14(12)17;1-3-10(2)15(17)18-14-9-5-6-11-12(14)7-4-8-13(11)16;1-4-12(2,3)11(15)13-9-5-7-10(14)8-6-9/h5-10,18H,4H2,1-3H3,(H,17,19);5-10,17H,4H2,1-3H3;4-10,17H,3H2,1-2H3,(H,16,18);4-10,16H,3H2,1-2H3;5-8,14H,4H2,1-3H3,(H,13,15). The molecular weight excluding hydrogens is 1120 g/mol. The van der Waals surface area contributed by atoms with E-state index in [1.807, 2.05) is 151 Å². The molecule has 0 spiro atoms. The van der Waals surface area contributed by atoms with E-state index in [9.17, 15) is 44.4 Å². The van der Waals surface area contributed by atoms with Crippen LogP contribution in [0.1, 0.15) is 122 Å². The van der Waals surface area contributed by atoms with Crippen molar-refractivity contribution in [1.82, 2.24) is 0 Å². The Morgan fingerprint density at radius 1 is 0.382 bits per heavy atom. The Labute approximate surface area is 522 Å². The Balaban J connectivity index is 0.000000203. The van der Waals surface area contributed by atoms with Crippen molar-refractivity contribution in [3.8, 4) is 40.2 Å². The summed E-state index contributed by atoms with van der Waals surface area (Å²) >= 11 is 0. The van der Waals surface area contributed by atoms with Crippen LogP contribution in [-0.2, 0) is 24.0 Å². The van der Waals surface area contributed by atoms with E-state index in [0.29, 0.717) is 34.4 Å². The third-order valence-corrected chi connectivity index (χ3v) is 16.1. The summed E-state index contributed by atoms with van der Waals surface area (Å²) in [5.74, 6) is 1.36. The number of ether oxygens (including phenoxy) is 2. The van der Waals surface area contributed by atoms with Gasteiger partial charge in [-0.05, 0) is 119 Å². The molecular formula is C74H87N3O12. The summed E-state index contributed by atoms with van der Waals surface area (Å²) in [6.45, 7) is 25.0. The Hall–Kier alpha value is -9.63. The van der Waals surface area contributed by atoms with E-state index in [2.05, 4.69) is 16.0 Å². The maximum absolute atomic E-state index is 12.2. The quantitative estimate of drug-likeness (QED) is 0.0272. The summed E-state index contributed by atoms with van der Waals surface area (Å²) in [5.41, 5.74) is 0.906. The van der Waals surface area contributed by atoms with Crippen LogP contribution in [0.3, 0.4) is 0 Å². The van der Waals surface area contributed by atoms with E-state index >= 15 is 0 Å². The SMILES string of the molecule is CCC(C)(C)C(=O)Nc1ccc(O)cc1.CCC(C)(C)C(=O)Nc1cccc2c(O)cccc12.CCC(C)(C)C(=O)Oc1cccc2c(O)cccc12.CCC(C)C(=O)Nc1cccc2c(O)cccc12.CCC(C)C(=O)Oc1cccc2c(O)cccc12. The second kappa shape index (κ2) is 31.8. The van der Waals surface area contributed by atoms with Crippen molar-refractivity contribution in [2.75, 3.05) is 16.0 Å². The van der Waals surface area contributed by atoms with E-state index in [4.69, 9.17) is 14.6 Å². The third-order valence-electron chi connectivity index (χ3n) is 16.1. The van der Waals surface area contributed by atoms with Gasteiger partial charge in [-0.15, -0.1) is 0 Å². The smallest absolute Gasteiger partial charge is 0.316 e. The van der Waals surface area contributed by atoms with Crippen LogP contribution in [0.15, 0.2) is 170 Å². The van der Waals surface area contributed by atoms with Crippen LogP contribution < -0.4 is 25.4 Å². The van der Waals surface area contributed by atoms with Crippen molar-refractivity contribution in [3.05, 3.63) is 170 Å². The molecule has 0 saturated carbocycles. The minimum Gasteiger partial charge on any atom is -0.508 e. The average molecular weight is 1210 g/mol. The Morgan fingerprint density at radius 3 is 1.12 bits per heavy atom. The predicted octanol–water partition coefficient (Wildman–Crippen LogP) is 17.6. The van der Waals surface area contributed by atoms with Crippen molar-refractivity contribution in [1.29, 1.82) is 0 Å². The number of hydrogen-bond donors (Lipinski definition) is 8. The van der Waals surface area contributed by atoms with Gasteiger partial charge in [0.25, 0.3) is 0 Å². The largest absolute Gasteiger partial charge is 0.508 e. The van der Waals surface area contributed by atoms with E-state index in [-0.39, 0.29) is 75.7 Å². The summed E-state index contributed by atoms with van der Waals surface area (Å²) in [6, 6.07) is 49.1.